The first-order valence-corrected chi connectivity index (χ1v) is 6.97. The Labute approximate surface area is 105 Å². The summed E-state index contributed by atoms with van der Waals surface area (Å²) in [6, 6.07) is 6.46. The van der Waals surface area contributed by atoms with Crippen LogP contribution in [-0.4, -0.2) is 29.9 Å². The van der Waals surface area contributed by atoms with Gasteiger partial charge in [0.25, 0.3) is 0 Å². The van der Waals surface area contributed by atoms with Crippen LogP contribution in [0, 0.1) is 5.82 Å². The van der Waals surface area contributed by atoms with Crippen LogP contribution in [0.25, 0.3) is 0 Å². The Morgan fingerprint density at radius 1 is 1.41 bits per heavy atom. The second-order valence-corrected chi connectivity index (χ2v) is 5.42. The second-order valence-electron chi connectivity index (χ2n) is 4.27. The number of halogens is 1. The van der Waals surface area contributed by atoms with Gasteiger partial charge in [0.2, 0.25) is 0 Å². The molecule has 1 N–H and O–H groups in total. The lowest BCUT2D eigenvalue weighted by molar-refractivity contribution is -0.118. The zero-order valence-electron chi connectivity index (χ0n) is 9.62. The summed E-state index contributed by atoms with van der Waals surface area (Å²) in [5.41, 5.74) is 0.889. The predicted molar refractivity (Wildman–Crippen MR) is 68.8 cm³/mol. The van der Waals surface area contributed by atoms with Crippen LogP contribution < -0.4 is 5.32 Å². The summed E-state index contributed by atoms with van der Waals surface area (Å²) in [6.45, 7) is 0.985. The number of ketones is 1. The SMILES string of the molecule is O=C(Cc1ccc(F)cc1)CC1CSCCN1. The Hall–Kier alpha value is -0.870. The van der Waals surface area contributed by atoms with Crippen LogP contribution in [0.1, 0.15) is 12.0 Å². The molecule has 1 atom stereocenters. The maximum absolute atomic E-state index is 12.7. The molecule has 1 unspecified atom stereocenters. The van der Waals surface area contributed by atoms with E-state index in [1.807, 2.05) is 11.8 Å². The smallest absolute Gasteiger partial charge is 0.138 e. The summed E-state index contributed by atoms with van der Waals surface area (Å²) in [5, 5.41) is 3.34. The van der Waals surface area contributed by atoms with E-state index in [4.69, 9.17) is 0 Å². The minimum Gasteiger partial charge on any atom is -0.312 e. The molecule has 1 fully saturated rings. The van der Waals surface area contributed by atoms with Gasteiger partial charge in [0.15, 0.2) is 0 Å². The van der Waals surface area contributed by atoms with Crippen LogP contribution in [0.15, 0.2) is 24.3 Å². The molecule has 0 saturated carbocycles. The summed E-state index contributed by atoms with van der Waals surface area (Å²) < 4.78 is 12.7. The normalized spacial score (nSPS) is 20.2. The average molecular weight is 253 g/mol. The Morgan fingerprint density at radius 3 is 2.82 bits per heavy atom. The lowest BCUT2D eigenvalue weighted by atomic mass is 10.0. The predicted octanol–water partition coefficient (Wildman–Crippen LogP) is 2.03. The van der Waals surface area contributed by atoms with Crippen LogP contribution in [0.5, 0.6) is 0 Å². The van der Waals surface area contributed by atoms with Gasteiger partial charge < -0.3 is 5.32 Å². The largest absolute Gasteiger partial charge is 0.312 e. The van der Waals surface area contributed by atoms with Gasteiger partial charge in [0, 0.05) is 36.9 Å². The van der Waals surface area contributed by atoms with Crippen molar-refractivity contribution in [3.8, 4) is 0 Å². The molecule has 1 saturated heterocycles. The molecule has 2 rings (SSSR count). The standard InChI is InChI=1S/C13H16FNOS/c14-11-3-1-10(2-4-11)7-13(16)8-12-9-17-6-5-15-12/h1-4,12,15H,5-9H2. The minimum atomic E-state index is -0.258. The van der Waals surface area contributed by atoms with E-state index in [1.54, 1.807) is 12.1 Å². The van der Waals surface area contributed by atoms with E-state index >= 15 is 0 Å². The van der Waals surface area contributed by atoms with E-state index < -0.39 is 0 Å². The van der Waals surface area contributed by atoms with Gasteiger partial charge in [-0.25, -0.2) is 4.39 Å². The molecule has 92 valence electrons. The quantitative estimate of drug-likeness (QED) is 0.890. The number of hydrogen-bond donors (Lipinski definition) is 1. The van der Waals surface area contributed by atoms with E-state index in [0.29, 0.717) is 18.9 Å². The lowest BCUT2D eigenvalue weighted by Crippen LogP contribution is -2.39. The number of carbonyl (C=O) groups excluding carboxylic acids is 1. The Bertz CT molecular complexity index is 374. The average Bonchev–Trinajstić information content (AvgIpc) is 2.33. The summed E-state index contributed by atoms with van der Waals surface area (Å²) in [4.78, 5) is 11.8. The van der Waals surface area contributed by atoms with E-state index in [-0.39, 0.29) is 11.6 Å². The fourth-order valence-electron chi connectivity index (χ4n) is 1.93. The van der Waals surface area contributed by atoms with Gasteiger partial charge in [-0.2, -0.15) is 11.8 Å². The van der Waals surface area contributed by atoms with Crippen LogP contribution in [0.3, 0.4) is 0 Å². The van der Waals surface area contributed by atoms with Gasteiger partial charge in [-0.05, 0) is 17.7 Å². The van der Waals surface area contributed by atoms with Crippen molar-refractivity contribution in [2.45, 2.75) is 18.9 Å². The molecule has 0 radical (unpaired) electrons. The first-order valence-electron chi connectivity index (χ1n) is 5.81. The highest BCUT2D eigenvalue weighted by Gasteiger charge is 2.16. The maximum Gasteiger partial charge on any atom is 0.138 e. The van der Waals surface area contributed by atoms with Crippen LogP contribution >= 0.6 is 11.8 Å². The number of hydrogen-bond acceptors (Lipinski definition) is 3. The maximum atomic E-state index is 12.7. The molecule has 17 heavy (non-hydrogen) atoms. The molecule has 1 heterocycles. The van der Waals surface area contributed by atoms with Gasteiger partial charge in [0.05, 0.1) is 0 Å². The molecule has 1 aromatic rings. The highest BCUT2D eigenvalue weighted by atomic mass is 32.2. The topological polar surface area (TPSA) is 29.1 Å². The molecule has 0 aromatic heterocycles. The first kappa shape index (κ1) is 12.6. The Kier molecular flexibility index (Phi) is 4.57. The summed E-state index contributed by atoms with van der Waals surface area (Å²) in [6.07, 6.45) is 0.980. The number of benzene rings is 1. The molecular formula is C13H16FNOS. The molecular weight excluding hydrogens is 237 g/mol. The molecule has 2 nitrogen and oxygen atoms in total. The Morgan fingerprint density at radius 2 is 2.18 bits per heavy atom. The van der Waals surface area contributed by atoms with Crippen LogP contribution in [0.2, 0.25) is 0 Å². The molecule has 4 heteroatoms. The number of carbonyl (C=O) groups is 1. The van der Waals surface area contributed by atoms with Gasteiger partial charge >= 0.3 is 0 Å². The highest BCUT2D eigenvalue weighted by Crippen LogP contribution is 2.12. The minimum absolute atomic E-state index is 0.219. The van der Waals surface area contributed by atoms with Crippen molar-refractivity contribution in [2.75, 3.05) is 18.1 Å². The lowest BCUT2D eigenvalue weighted by Gasteiger charge is -2.22. The van der Waals surface area contributed by atoms with Crippen molar-refractivity contribution in [3.05, 3.63) is 35.6 Å². The molecule has 1 aliphatic heterocycles. The van der Waals surface area contributed by atoms with Gasteiger partial charge in [-0.3, -0.25) is 4.79 Å². The van der Waals surface area contributed by atoms with Gasteiger partial charge in [0.1, 0.15) is 11.6 Å². The number of Topliss-reactive ketones (excluding diaryl/α,β-unsaturated/α-hetero) is 1. The summed E-state index contributed by atoms with van der Waals surface area (Å²) in [7, 11) is 0. The first-order chi connectivity index (χ1) is 8.24. The third-order valence-electron chi connectivity index (χ3n) is 2.79. The third kappa shape index (κ3) is 4.13. The monoisotopic (exact) mass is 253 g/mol. The van der Waals surface area contributed by atoms with Crippen molar-refractivity contribution in [3.63, 3.8) is 0 Å². The molecule has 0 aliphatic carbocycles. The van der Waals surface area contributed by atoms with Crippen molar-refractivity contribution >= 4 is 17.5 Å². The molecule has 0 spiro atoms. The highest BCUT2D eigenvalue weighted by molar-refractivity contribution is 7.99. The van der Waals surface area contributed by atoms with Crippen LogP contribution in [0.4, 0.5) is 4.39 Å². The third-order valence-corrected chi connectivity index (χ3v) is 3.92. The van der Waals surface area contributed by atoms with Crippen molar-refractivity contribution in [1.29, 1.82) is 0 Å². The van der Waals surface area contributed by atoms with E-state index in [2.05, 4.69) is 5.32 Å². The summed E-state index contributed by atoms with van der Waals surface area (Å²) >= 11 is 1.89. The van der Waals surface area contributed by atoms with Crippen molar-refractivity contribution in [2.24, 2.45) is 0 Å². The van der Waals surface area contributed by atoms with E-state index in [9.17, 15) is 9.18 Å². The number of rotatable bonds is 4. The molecule has 1 aromatic carbocycles. The molecule has 0 bridgehead atoms. The van der Waals surface area contributed by atoms with Gasteiger partial charge in [-0.15, -0.1) is 0 Å². The fourth-order valence-corrected chi connectivity index (χ4v) is 2.88. The molecule has 1 aliphatic rings. The number of nitrogens with one attached hydrogen (secondary N) is 1. The van der Waals surface area contributed by atoms with Crippen molar-refractivity contribution in [1.82, 2.24) is 5.32 Å². The van der Waals surface area contributed by atoms with Gasteiger partial charge in [-0.1, -0.05) is 12.1 Å². The zero-order chi connectivity index (χ0) is 12.1. The fraction of sp³-hybridized carbons (Fsp3) is 0.462. The number of thioether (sulfide) groups is 1. The Balaban J connectivity index is 1.82. The van der Waals surface area contributed by atoms with Crippen LogP contribution in [-0.2, 0) is 11.2 Å². The summed E-state index contributed by atoms with van der Waals surface area (Å²) in [5.74, 6) is 2.10. The second kappa shape index (κ2) is 6.17. The van der Waals surface area contributed by atoms with E-state index in [0.717, 1.165) is 23.6 Å². The zero-order valence-corrected chi connectivity index (χ0v) is 10.4. The van der Waals surface area contributed by atoms with E-state index in [1.165, 1.54) is 12.1 Å². The van der Waals surface area contributed by atoms with Crippen molar-refractivity contribution < 1.29 is 9.18 Å². The molecule has 0 amide bonds.